The Morgan fingerprint density at radius 3 is 2.28 bits per heavy atom. The van der Waals surface area contributed by atoms with Crippen LogP contribution in [-0.4, -0.2) is 38.5 Å². The predicted octanol–water partition coefficient (Wildman–Crippen LogP) is 1.39. The quantitative estimate of drug-likeness (QED) is 0.696. The Morgan fingerprint density at radius 2 is 1.89 bits per heavy atom. The fourth-order valence-corrected chi connectivity index (χ4v) is 2.94. The van der Waals surface area contributed by atoms with E-state index >= 15 is 0 Å². The van der Waals surface area contributed by atoms with Crippen molar-refractivity contribution in [3.05, 3.63) is 0 Å². The number of rotatable bonds is 7. The molecule has 1 rings (SSSR count). The largest absolute Gasteiger partial charge is 0.407 e. The van der Waals surface area contributed by atoms with Crippen LogP contribution in [-0.2, 0) is 10.0 Å². The first kappa shape index (κ1) is 15.7. The van der Waals surface area contributed by atoms with Gasteiger partial charge in [-0.2, -0.15) is 17.9 Å². The maximum absolute atomic E-state index is 12.7. The van der Waals surface area contributed by atoms with E-state index in [1.807, 2.05) is 11.6 Å². The standard InChI is InChI=1S/C10H19F3N2O2S/c1-3-6-14-7-8(2)18(16,17)15-9(4-5-9)10(11,12)13/h8,14-15H,3-7H2,1-2H3. The van der Waals surface area contributed by atoms with Gasteiger partial charge in [0.15, 0.2) is 0 Å². The molecule has 1 aliphatic rings. The van der Waals surface area contributed by atoms with E-state index in [0.717, 1.165) is 6.42 Å². The van der Waals surface area contributed by atoms with Gasteiger partial charge in [0.25, 0.3) is 0 Å². The number of halogens is 3. The van der Waals surface area contributed by atoms with Crippen molar-refractivity contribution in [3.63, 3.8) is 0 Å². The molecule has 0 aliphatic heterocycles. The smallest absolute Gasteiger partial charge is 0.315 e. The summed E-state index contributed by atoms with van der Waals surface area (Å²) in [5, 5.41) is 2.00. The van der Waals surface area contributed by atoms with Gasteiger partial charge in [0.05, 0.1) is 5.25 Å². The van der Waals surface area contributed by atoms with Gasteiger partial charge in [-0.05, 0) is 32.7 Å². The zero-order valence-electron chi connectivity index (χ0n) is 10.5. The van der Waals surface area contributed by atoms with Crippen LogP contribution >= 0.6 is 0 Å². The third-order valence-electron chi connectivity index (χ3n) is 3.02. The number of nitrogens with one attached hydrogen (secondary N) is 2. The van der Waals surface area contributed by atoms with E-state index in [-0.39, 0.29) is 19.4 Å². The maximum atomic E-state index is 12.7. The lowest BCUT2D eigenvalue weighted by atomic mass is 10.3. The van der Waals surface area contributed by atoms with Gasteiger partial charge in [-0.1, -0.05) is 6.92 Å². The molecule has 108 valence electrons. The van der Waals surface area contributed by atoms with Crippen LogP contribution in [0.5, 0.6) is 0 Å². The molecule has 1 unspecified atom stereocenters. The predicted molar refractivity (Wildman–Crippen MR) is 62.7 cm³/mol. The van der Waals surface area contributed by atoms with Crippen LogP contribution in [0.25, 0.3) is 0 Å². The molecule has 0 saturated heterocycles. The Balaban J connectivity index is 2.60. The third-order valence-corrected chi connectivity index (χ3v) is 4.92. The van der Waals surface area contributed by atoms with Crippen molar-refractivity contribution in [3.8, 4) is 0 Å². The van der Waals surface area contributed by atoms with Crippen LogP contribution in [0.4, 0.5) is 13.2 Å². The zero-order chi connectivity index (χ0) is 14.0. The lowest BCUT2D eigenvalue weighted by molar-refractivity contribution is -0.160. The molecule has 1 fully saturated rings. The van der Waals surface area contributed by atoms with Gasteiger partial charge < -0.3 is 5.32 Å². The molecule has 0 radical (unpaired) electrons. The van der Waals surface area contributed by atoms with E-state index in [0.29, 0.717) is 6.54 Å². The second-order valence-corrected chi connectivity index (χ2v) is 6.84. The number of hydrogen-bond donors (Lipinski definition) is 2. The molecular weight excluding hydrogens is 269 g/mol. The first-order chi connectivity index (χ1) is 8.15. The highest BCUT2D eigenvalue weighted by molar-refractivity contribution is 7.90. The van der Waals surface area contributed by atoms with Crippen molar-refractivity contribution in [1.29, 1.82) is 0 Å². The van der Waals surface area contributed by atoms with Gasteiger partial charge in [-0.15, -0.1) is 0 Å². The molecule has 18 heavy (non-hydrogen) atoms. The molecule has 0 spiro atoms. The Bertz CT molecular complexity index is 377. The highest BCUT2D eigenvalue weighted by Crippen LogP contribution is 2.49. The summed E-state index contributed by atoms with van der Waals surface area (Å²) in [5.74, 6) is 0. The molecule has 0 aromatic rings. The first-order valence-electron chi connectivity index (χ1n) is 5.95. The van der Waals surface area contributed by atoms with E-state index in [9.17, 15) is 21.6 Å². The lowest BCUT2D eigenvalue weighted by Crippen LogP contribution is -2.51. The van der Waals surface area contributed by atoms with E-state index in [1.165, 1.54) is 6.92 Å². The Hall–Kier alpha value is -0.340. The molecule has 0 aromatic carbocycles. The summed E-state index contributed by atoms with van der Waals surface area (Å²) in [4.78, 5) is 0. The zero-order valence-corrected chi connectivity index (χ0v) is 11.3. The van der Waals surface area contributed by atoms with Crippen molar-refractivity contribution in [2.75, 3.05) is 13.1 Å². The summed E-state index contributed by atoms with van der Waals surface area (Å²) < 4.78 is 63.3. The monoisotopic (exact) mass is 288 g/mol. The van der Waals surface area contributed by atoms with Crippen LogP contribution in [0.3, 0.4) is 0 Å². The van der Waals surface area contributed by atoms with E-state index in [2.05, 4.69) is 5.32 Å². The number of alkyl halides is 3. The maximum Gasteiger partial charge on any atom is 0.407 e. The van der Waals surface area contributed by atoms with Crippen molar-refractivity contribution in [1.82, 2.24) is 10.0 Å². The molecule has 0 heterocycles. The molecule has 0 aromatic heterocycles. The van der Waals surface area contributed by atoms with Crippen molar-refractivity contribution < 1.29 is 21.6 Å². The number of hydrogen-bond acceptors (Lipinski definition) is 3. The Kier molecular flexibility index (Phi) is 4.66. The second-order valence-electron chi connectivity index (χ2n) is 4.74. The molecule has 0 bridgehead atoms. The molecular formula is C10H19F3N2O2S. The summed E-state index contributed by atoms with van der Waals surface area (Å²) in [6.45, 7) is 4.12. The van der Waals surface area contributed by atoms with Crippen LogP contribution in [0.2, 0.25) is 0 Å². The van der Waals surface area contributed by atoms with Crippen LogP contribution in [0, 0.1) is 0 Å². The highest BCUT2D eigenvalue weighted by Gasteiger charge is 2.65. The minimum absolute atomic E-state index is 0.150. The molecule has 2 N–H and O–H groups in total. The van der Waals surface area contributed by atoms with Crippen molar-refractivity contribution in [2.45, 2.75) is 50.1 Å². The fraction of sp³-hybridized carbons (Fsp3) is 1.00. The van der Waals surface area contributed by atoms with Crippen molar-refractivity contribution in [2.24, 2.45) is 0 Å². The summed E-state index contributed by atoms with van der Waals surface area (Å²) in [6.07, 6.45) is -4.03. The fourth-order valence-electron chi connectivity index (χ4n) is 1.53. The average molecular weight is 288 g/mol. The van der Waals surface area contributed by atoms with Crippen LogP contribution in [0.1, 0.15) is 33.1 Å². The van der Waals surface area contributed by atoms with Gasteiger partial charge >= 0.3 is 6.18 Å². The van der Waals surface area contributed by atoms with Gasteiger partial charge in [-0.3, -0.25) is 0 Å². The summed E-state index contributed by atoms with van der Waals surface area (Å²) >= 11 is 0. The van der Waals surface area contributed by atoms with Crippen LogP contribution < -0.4 is 10.0 Å². The molecule has 8 heteroatoms. The van der Waals surface area contributed by atoms with Gasteiger partial charge in [0.2, 0.25) is 10.0 Å². The minimum Gasteiger partial charge on any atom is -0.315 e. The molecule has 1 aliphatic carbocycles. The van der Waals surface area contributed by atoms with E-state index < -0.39 is 27.0 Å². The summed E-state index contributed by atoms with van der Waals surface area (Å²) in [7, 11) is -3.95. The molecule has 4 nitrogen and oxygen atoms in total. The third kappa shape index (κ3) is 3.58. The SMILES string of the molecule is CCCNCC(C)S(=O)(=O)NC1(C(F)(F)F)CC1. The summed E-state index contributed by atoms with van der Waals surface area (Å²) in [5.41, 5.74) is -2.22. The highest BCUT2D eigenvalue weighted by atomic mass is 32.2. The Morgan fingerprint density at radius 1 is 1.33 bits per heavy atom. The molecule has 0 amide bonds. The van der Waals surface area contributed by atoms with E-state index in [4.69, 9.17) is 0 Å². The Labute approximate surface area is 105 Å². The molecule has 1 atom stereocenters. The topological polar surface area (TPSA) is 58.2 Å². The van der Waals surface area contributed by atoms with Crippen molar-refractivity contribution >= 4 is 10.0 Å². The van der Waals surface area contributed by atoms with Gasteiger partial charge in [0, 0.05) is 6.54 Å². The van der Waals surface area contributed by atoms with Crippen LogP contribution in [0.15, 0.2) is 0 Å². The van der Waals surface area contributed by atoms with E-state index in [1.54, 1.807) is 0 Å². The second kappa shape index (κ2) is 5.34. The average Bonchev–Trinajstić information content (AvgIpc) is 2.97. The van der Waals surface area contributed by atoms with Gasteiger partial charge in [-0.25, -0.2) is 8.42 Å². The lowest BCUT2D eigenvalue weighted by Gasteiger charge is -2.23. The first-order valence-corrected chi connectivity index (χ1v) is 7.49. The summed E-state index contributed by atoms with van der Waals surface area (Å²) in [6, 6.07) is 0. The number of sulfonamides is 1. The van der Waals surface area contributed by atoms with Gasteiger partial charge in [0.1, 0.15) is 5.54 Å². The molecule has 1 saturated carbocycles. The minimum atomic E-state index is -4.52. The normalized spacial score (nSPS) is 20.7.